The summed E-state index contributed by atoms with van der Waals surface area (Å²) < 4.78 is 0. The molecule has 1 aliphatic rings. The summed E-state index contributed by atoms with van der Waals surface area (Å²) in [6.45, 7) is 0.351. The first kappa shape index (κ1) is 12.5. The molecule has 1 amide bonds. The van der Waals surface area contributed by atoms with Gasteiger partial charge in [-0.15, -0.1) is 11.3 Å². The molecule has 0 aromatic carbocycles. The van der Waals surface area contributed by atoms with Crippen LogP contribution in [0.15, 0.2) is 5.38 Å². The van der Waals surface area contributed by atoms with Crippen LogP contribution in [0.2, 0.25) is 0 Å². The van der Waals surface area contributed by atoms with E-state index in [0.717, 1.165) is 30.7 Å². The number of rotatable bonds is 3. The van der Waals surface area contributed by atoms with Gasteiger partial charge in [-0.2, -0.15) is 0 Å². The van der Waals surface area contributed by atoms with Gasteiger partial charge in [0.1, 0.15) is 10.7 Å². The molecule has 2 atom stereocenters. The van der Waals surface area contributed by atoms with Crippen LogP contribution in [0.3, 0.4) is 0 Å². The lowest BCUT2D eigenvalue weighted by molar-refractivity contribution is 0.0714. The van der Waals surface area contributed by atoms with Crippen LogP contribution < -0.4 is 11.1 Å². The molecule has 94 valence electrons. The van der Waals surface area contributed by atoms with E-state index in [1.54, 1.807) is 5.38 Å². The Balaban J connectivity index is 1.96. The summed E-state index contributed by atoms with van der Waals surface area (Å²) >= 11 is 1.38. The number of nitrogens with zero attached hydrogens (tertiary/aromatic N) is 1. The van der Waals surface area contributed by atoms with Gasteiger partial charge in [0.2, 0.25) is 0 Å². The van der Waals surface area contributed by atoms with Gasteiger partial charge >= 0.3 is 0 Å². The van der Waals surface area contributed by atoms with Crippen molar-refractivity contribution in [3.8, 4) is 0 Å². The molecule has 0 spiro atoms. The molecular weight excluding hydrogens is 238 g/mol. The highest BCUT2D eigenvalue weighted by molar-refractivity contribution is 7.09. The van der Waals surface area contributed by atoms with E-state index in [-0.39, 0.29) is 11.9 Å². The van der Waals surface area contributed by atoms with E-state index in [9.17, 15) is 9.90 Å². The molecular formula is C11H17N3O2S. The zero-order valence-corrected chi connectivity index (χ0v) is 10.4. The fourth-order valence-corrected chi connectivity index (χ4v) is 2.69. The van der Waals surface area contributed by atoms with Crippen LogP contribution in [-0.4, -0.2) is 28.1 Å². The van der Waals surface area contributed by atoms with Gasteiger partial charge < -0.3 is 16.2 Å². The molecule has 1 aliphatic carbocycles. The normalized spacial score (nSPS) is 24.6. The maximum Gasteiger partial charge on any atom is 0.271 e. The Bertz CT molecular complexity index is 394. The molecule has 0 aliphatic heterocycles. The lowest BCUT2D eigenvalue weighted by Gasteiger charge is -2.27. The maximum absolute atomic E-state index is 11.9. The maximum atomic E-state index is 11.9. The van der Waals surface area contributed by atoms with E-state index < -0.39 is 6.10 Å². The van der Waals surface area contributed by atoms with Crippen LogP contribution >= 0.6 is 11.3 Å². The summed E-state index contributed by atoms with van der Waals surface area (Å²) in [6, 6.07) is -0.140. The zero-order valence-electron chi connectivity index (χ0n) is 9.56. The first-order chi connectivity index (χ1) is 8.20. The quantitative estimate of drug-likeness (QED) is 0.739. The first-order valence-electron chi connectivity index (χ1n) is 5.84. The topological polar surface area (TPSA) is 88.2 Å². The van der Waals surface area contributed by atoms with Crippen molar-refractivity contribution in [3.05, 3.63) is 16.1 Å². The Kier molecular flexibility index (Phi) is 4.09. The second-order valence-electron chi connectivity index (χ2n) is 4.26. The number of carbonyl (C=O) groups is 1. The number of aliphatic hydroxyl groups is 1. The van der Waals surface area contributed by atoms with Gasteiger partial charge in [-0.1, -0.05) is 12.8 Å². The lowest BCUT2D eigenvalue weighted by Crippen LogP contribution is -2.45. The Labute approximate surface area is 104 Å². The predicted molar refractivity (Wildman–Crippen MR) is 65.7 cm³/mol. The van der Waals surface area contributed by atoms with Gasteiger partial charge in [-0.25, -0.2) is 4.98 Å². The number of nitrogens with one attached hydrogen (secondary N) is 1. The van der Waals surface area contributed by atoms with Crippen LogP contribution in [0.5, 0.6) is 0 Å². The van der Waals surface area contributed by atoms with Gasteiger partial charge in [0.15, 0.2) is 0 Å². The summed E-state index contributed by atoms with van der Waals surface area (Å²) in [6.07, 6.45) is 3.24. The van der Waals surface area contributed by atoms with E-state index in [4.69, 9.17) is 5.73 Å². The second kappa shape index (κ2) is 5.57. The van der Waals surface area contributed by atoms with Gasteiger partial charge in [0.05, 0.1) is 12.1 Å². The first-order valence-corrected chi connectivity index (χ1v) is 6.72. The largest absolute Gasteiger partial charge is 0.391 e. The summed E-state index contributed by atoms with van der Waals surface area (Å²) in [4.78, 5) is 16.0. The number of hydrogen-bond donors (Lipinski definition) is 3. The van der Waals surface area contributed by atoms with Crippen LogP contribution in [0.4, 0.5) is 0 Å². The van der Waals surface area contributed by atoms with E-state index in [2.05, 4.69) is 10.3 Å². The number of aliphatic hydroxyl groups excluding tert-OH is 1. The minimum atomic E-state index is -0.430. The SMILES string of the molecule is NCc1nc(C(=O)N[C@@H]2CCCC[C@H]2O)cs1. The molecule has 0 bridgehead atoms. The number of carbonyl (C=O) groups excluding carboxylic acids is 1. The predicted octanol–water partition coefficient (Wildman–Crippen LogP) is 0.635. The lowest BCUT2D eigenvalue weighted by atomic mass is 9.92. The zero-order chi connectivity index (χ0) is 12.3. The van der Waals surface area contributed by atoms with Crippen molar-refractivity contribution in [1.82, 2.24) is 10.3 Å². The Hall–Kier alpha value is -0.980. The fourth-order valence-electron chi connectivity index (χ4n) is 2.03. The summed E-state index contributed by atoms with van der Waals surface area (Å²) in [5.74, 6) is -0.216. The van der Waals surface area contributed by atoms with Crippen LogP contribution in [0.25, 0.3) is 0 Å². The van der Waals surface area contributed by atoms with Crippen molar-refractivity contribution in [2.45, 2.75) is 44.4 Å². The van der Waals surface area contributed by atoms with Crippen molar-refractivity contribution in [1.29, 1.82) is 0 Å². The molecule has 0 radical (unpaired) electrons. The van der Waals surface area contributed by atoms with Crippen molar-refractivity contribution in [2.75, 3.05) is 0 Å². The summed E-state index contributed by atoms with van der Waals surface area (Å²) in [7, 11) is 0. The number of hydrogen-bond acceptors (Lipinski definition) is 5. The average molecular weight is 255 g/mol. The van der Waals surface area contributed by atoms with Gasteiger partial charge in [-0.3, -0.25) is 4.79 Å². The Morgan fingerprint density at radius 3 is 3.00 bits per heavy atom. The second-order valence-corrected chi connectivity index (χ2v) is 5.21. The highest BCUT2D eigenvalue weighted by atomic mass is 32.1. The van der Waals surface area contributed by atoms with Gasteiger partial charge in [0, 0.05) is 11.9 Å². The molecule has 0 unspecified atom stereocenters. The van der Waals surface area contributed by atoms with Crippen LogP contribution in [0, 0.1) is 0 Å². The van der Waals surface area contributed by atoms with E-state index >= 15 is 0 Å². The average Bonchev–Trinajstić information content (AvgIpc) is 2.81. The van der Waals surface area contributed by atoms with Crippen LogP contribution in [-0.2, 0) is 6.54 Å². The third kappa shape index (κ3) is 3.02. The molecule has 1 aromatic rings. The molecule has 17 heavy (non-hydrogen) atoms. The Morgan fingerprint density at radius 2 is 2.35 bits per heavy atom. The van der Waals surface area contributed by atoms with Crippen molar-refractivity contribution in [2.24, 2.45) is 5.73 Å². The number of amides is 1. The fraction of sp³-hybridized carbons (Fsp3) is 0.636. The molecule has 0 saturated heterocycles. The molecule has 1 aromatic heterocycles. The highest BCUT2D eigenvalue weighted by Gasteiger charge is 2.25. The number of nitrogens with two attached hydrogens (primary N) is 1. The minimum absolute atomic E-state index is 0.140. The minimum Gasteiger partial charge on any atom is -0.391 e. The number of thiazole rings is 1. The van der Waals surface area contributed by atoms with E-state index in [0.29, 0.717) is 12.2 Å². The molecule has 1 fully saturated rings. The molecule has 6 heteroatoms. The van der Waals surface area contributed by atoms with E-state index in [1.807, 2.05) is 0 Å². The molecule has 1 saturated carbocycles. The third-order valence-corrected chi connectivity index (χ3v) is 3.88. The Morgan fingerprint density at radius 1 is 1.59 bits per heavy atom. The summed E-state index contributed by atoms with van der Waals surface area (Å²) in [5, 5.41) is 15.1. The van der Waals surface area contributed by atoms with E-state index in [1.165, 1.54) is 11.3 Å². The highest BCUT2D eigenvalue weighted by Crippen LogP contribution is 2.19. The third-order valence-electron chi connectivity index (χ3n) is 3.00. The molecule has 4 N–H and O–H groups in total. The van der Waals surface area contributed by atoms with Crippen molar-refractivity contribution >= 4 is 17.2 Å². The van der Waals surface area contributed by atoms with Gasteiger partial charge in [0.25, 0.3) is 5.91 Å². The number of aromatic nitrogens is 1. The molecule has 1 heterocycles. The smallest absolute Gasteiger partial charge is 0.271 e. The van der Waals surface area contributed by atoms with Crippen LogP contribution in [0.1, 0.15) is 41.2 Å². The van der Waals surface area contributed by atoms with Crippen molar-refractivity contribution < 1.29 is 9.90 Å². The molecule has 2 rings (SSSR count). The summed E-state index contributed by atoms with van der Waals surface area (Å²) in [5.41, 5.74) is 5.84. The standard InChI is InChI=1S/C11H17N3O2S/c12-5-10-13-8(6-17-10)11(16)14-7-3-1-2-4-9(7)15/h6-7,9,15H,1-5,12H2,(H,14,16)/t7-,9-/m1/s1. The van der Waals surface area contributed by atoms with Gasteiger partial charge in [-0.05, 0) is 12.8 Å². The molecule has 5 nitrogen and oxygen atoms in total. The monoisotopic (exact) mass is 255 g/mol. The van der Waals surface area contributed by atoms with Crippen molar-refractivity contribution in [3.63, 3.8) is 0 Å².